The van der Waals surface area contributed by atoms with Gasteiger partial charge in [-0.15, -0.1) is 11.3 Å². The van der Waals surface area contributed by atoms with Crippen LogP contribution < -0.4 is 20.1 Å². The lowest BCUT2D eigenvalue weighted by atomic mass is 10.1. The maximum atomic E-state index is 13.1. The van der Waals surface area contributed by atoms with Crippen molar-refractivity contribution in [3.05, 3.63) is 70.1 Å². The number of thiophene rings is 1. The molecule has 1 aliphatic carbocycles. The first-order chi connectivity index (χ1) is 14.7. The lowest BCUT2D eigenvalue weighted by Gasteiger charge is -2.11. The average Bonchev–Trinajstić information content (AvgIpc) is 3.35. The van der Waals surface area contributed by atoms with Crippen LogP contribution in [0.5, 0.6) is 11.5 Å². The molecule has 2 N–H and O–H groups in total. The Morgan fingerprint density at radius 3 is 2.47 bits per heavy atom. The Labute approximate surface area is 181 Å². The summed E-state index contributed by atoms with van der Waals surface area (Å²) in [6, 6.07) is 15.5. The maximum absolute atomic E-state index is 13.1. The number of amides is 1. The highest BCUT2D eigenvalue weighted by Crippen LogP contribution is 2.39. The highest BCUT2D eigenvalue weighted by atomic mass is 32.1. The molecule has 0 radical (unpaired) electrons. The molecule has 1 aromatic heterocycles. The standard InChI is InChI=1S/C24H26N2O3S/c1-3-29-19-11-7-16(8-12-19)15-25-24-22(20-5-4-6-21(20)30-24)23(27)26-17-9-13-18(28-2)14-10-17/h7-14,25H,3-6,15H2,1-2H3,(H,26,27). The number of nitrogens with one attached hydrogen (secondary N) is 2. The molecule has 0 spiro atoms. The predicted octanol–water partition coefficient (Wildman–Crippen LogP) is 5.51. The van der Waals surface area contributed by atoms with Crippen molar-refractivity contribution in [2.45, 2.75) is 32.7 Å². The van der Waals surface area contributed by atoms with Crippen molar-refractivity contribution >= 4 is 27.9 Å². The smallest absolute Gasteiger partial charge is 0.258 e. The minimum atomic E-state index is -0.0613. The molecule has 156 valence electrons. The number of fused-ring (bicyclic) bond motifs is 1. The largest absolute Gasteiger partial charge is 0.497 e. The van der Waals surface area contributed by atoms with Crippen LogP contribution >= 0.6 is 11.3 Å². The molecule has 30 heavy (non-hydrogen) atoms. The van der Waals surface area contributed by atoms with Crippen molar-refractivity contribution in [3.8, 4) is 11.5 Å². The Morgan fingerprint density at radius 1 is 1.03 bits per heavy atom. The highest BCUT2D eigenvalue weighted by molar-refractivity contribution is 7.16. The summed E-state index contributed by atoms with van der Waals surface area (Å²) in [5.41, 5.74) is 3.89. The van der Waals surface area contributed by atoms with Gasteiger partial charge in [0, 0.05) is 17.1 Å². The first-order valence-electron chi connectivity index (χ1n) is 10.2. The van der Waals surface area contributed by atoms with Gasteiger partial charge in [-0.2, -0.15) is 0 Å². The SMILES string of the molecule is CCOc1ccc(CNc2sc3c(c2C(=O)Nc2ccc(OC)cc2)CCC3)cc1. The van der Waals surface area contributed by atoms with E-state index in [1.54, 1.807) is 18.4 Å². The van der Waals surface area contributed by atoms with Gasteiger partial charge in [0.2, 0.25) is 0 Å². The van der Waals surface area contributed by atoms with E-state index in [1.165, 1.54) is 10.4 Å². The fourth-order valence-electron chi connectivity index (χ4n) is 3.69. The van der Waals surface area contributed by atoms with E-state index in [9.17, 15) is 4.79 Å². The van der Waals surface area contributed by atoms with Crippen LogP contribution in [0, 0.1) is 0 Å². The Morgan fingerprint density at radius 2 is 1.77 bits per heavy atom. The van der Waals surface area contributed by atoms with Crippen molar-refractivity contribution in [2.75, 3.05) is 24.4 Å². The highest BCUT2D eigenvalue weighted by Gasteiger charge is 2.26. The van der Waals surface area contributed by atoms with E-state index in [2.05, 4.69) is 22.8 Å². The Kier molecular flexibility index (Phi) is 6.23. The normalized spacial score (nSPS) is 12.3. The molecular weight excluding hydrogens is 396 g/mol. The summed E-state index contributed by atoms with van der Waals surface area (Å²) in [5, 5.41) is 7.48. The van der Waals surface area contributed by atoms with Gasteiger partial charge in [-0.05, 0) is 73.7 Å². The maximum Gasteiger partial charge on any atom is 0.258 e. The van der Waals surface area contributed by atoms with E-state index in [4.69, 9.17) is 9.47 Å². The molecule has 1 aliphatic rings. The lowest BCUT2D eigenvalue weighted by Crippen LogP contribution is -2.15. The van der Waals surface area contributed by atoms with Gasteiger partial charge in [-0.25, -0.2) is 0 Å². The fourth-order valence-corrected chi connectivity index (χ4v) is 4.97. The molecule has 4 rings (SSSR count). The van der Waals surface area contributed by atoms with Crippen LogP contribution in [-0.2, 0) is 19.4 Å². The fraction of sp³-hybridized carbons (Fsp3) is 0.292. The van der Waals surface area contributed by atoms with Crippen LogP contribution in [0.3, 0.4) is 0 Å². The molecule has 0 aliphatic heterocycles. The second-order valence-electron chi connectivity index (χ2n) is 7.17. The van der Waals surface area contributed by atoms with Crippen LogP contribution in [0.4, 0.5) is 10.7 Å². The number of hydrogen-bond donors (Lipinski definition) is 2. The van der Waals surface area contributed by atoms with E-state index in [1.807, 2.05) is 43.3 Å². The molecule has 6 heteroatoms. The molecule has 5 nitrogen and oxygen atoms in total. The molecule has 0 saturated carbocycles. The summed E-state index contributed by atoms with van der Waals surface area (Å²) in [7, 11) is 1.63. The monoisotopic (exact) mass is 422 g/mol. The second-order valence-corrected chi connectivity index (χ2v) is 8.28. The van der Waals surface area contributed by atoms with Gasteiger partial charge >= 0.3 is 0 Å². The van der Waals surface area contributed by atoms with Crippen LogP contribution in [-0.4, -0.2) is 19.6 Å². The second kappa shape index (κ2) is 9.22. The molecule has 0 bridgehead atoms. The van der Waals surface area contributed by atoms with Crippen LogP contribution in [0.1, 0.15) is 39.7 Å². The van der Waals surface area contributed by atoms with Gasteiger partial charge in [-0.3, -0.25) is 4.79 Å². The van der Waals surface area contributed by atoms with Gasteiger partial charge in [0.05, 0.1) is 19.3 Å². The zero-order chi connectivity index (χ0) is 20.9. The molecular formula is C24H26N2O3S. The van der Waals surface area contributed by atoms with E-state index in [0.29, 0.717) is 13.2 Å². The number of carbonyl (C=O) groups is 1. The third kappa shape index (κ3) is 4.44. The van der Waals surface area contributed by atoms with E-state index in [0.717, 1.165) is 52.6 Å². The van der Waals surface area contributed by atoms with Crippen molar-refractivity contribution in [3.63, 3.8) is 0 Å². The van der Waals surface area contributed by atoms with Gasteiger partial charge < -0.3 is 20.1 Å². The molecule has 1 heterocycles. The van der Waals surface area contributed by atoms with Crippen molar-refractivity contribution in [1.82, 2.24) is 0 Å². The summed E-state index contributed by atoms with van der Waals surface area (Å²) < 4.78 is 10.7. The molecule has 0 atom stereocenters. The molecule has 0 fully saturated rings. The van der Waals surface area contributed by atoms with Gasteiger partial charge in [0.25, 0.3) is 5.91 Å². The van der Waals surface area contributed by atoms with Crippen LogP contribution in [0.2, 0.25) is 0 Å². The van der Waals surface area contributed by atoms with E-state index in [-0.39, 0.29) is 5.91 Å². The summed E-state index contributed by atoms with van der Waals surface area (Å²) in [4.78, 5) is 14.5. The minimum Gasteiger partial charge on any atom is -0.497 e. The van der Waals surface area contributed by atoms with E-state index >= 15 is 0 Å². The number of methoxy groups -OCH3 is 1. The lowest BCUT2D eigenvalue weighted by molar-refractivity contribution is 0.102. The number of anilines is 2. The predicted molar refractivity (Wildman–Crippen MR) is 122 cm³/mol. The topological polar surface area (TPSA) is 59.6 Å². The first-order valence-corrected chi connectivity index (χ1v) is 11.0. The molecule has 2 aromatic carbocycles. The first kappa shape index (κ1) is 20.3. The summed E-state index contributed by atoms with van der Waals surface area (Å²) in [6.07, 6.45) is 3.12. The summed E-state index contributed by atoms with van der Waals surface area (Å²) in [6.45, 7) is 3.30. The average molecular weight is 423 g/mol. The summed E-state index contributed by atoms with van der Waals surface area (Å²) >= 11 is 1.71. The van der Waals surface area contributed by atoms with Crippen LogP contribution in [0.25, 0.3) is 0 Å². The van der Waals surface area contributed by atoms with Gasteiger partial charge in [0.1, 0.15) is 16.5 Å². The van der Waals surface area contributed by atoms with Crippen molar-refractivity contribution in [2.24, 2.45) is 0 Å². The summed E-state index contributed by atoms with van der Waals surface area (Å²) in [5.74, 6) is 1.58. The zero-order valence-electron chi connectivity index (χ0n) is 17.3. The van der Waals surface area contributed by atoms with Gasteiger partial charge in [0.15, 0.2) is 0 Å². The number of benzene rings is 2. The molecule has 0 saturated heterocycles. The number of hydrogen-bond acceptors (Lipinski definition) is 5. The minimum absolute atomic E-state index is 0.0613. The molecule has 3 aromatic rings. The van der Waals surface area contributed by atoms with Crippen molar-refractivity contribution in [1.29, 1.82) is 0 Å². The Hall–Kier alpha value is -2.99. The number of rotatable bonds is 8. The third-order valence-electron chi connectivity index (χ3n) is 5.18. The third-order valence-corrected chi connectivity index (χ3v) is 6.43. The number of ether oxygens (including phenoxy) is 2. The number of aryl methyl sites for hydroxylation is 1. The van der Waals surface area contributed by atoms with Gasteiger partial charge in [-0.1, -0.05) is 12.1 Å². The Balaban J connectivity index is 1.50. The molecule has 1 amide bonds. The Bertz CT molecular complexity index is 1010. The van der Waals surface area contributed by atoms with Crippen LogP contribution in [0.15, 0.2) is 48.5 Å². The quantitative estimate of drug-likeness (QED) is 0.503. The zero-order valence-corrected chi connectivity index (χ0v) is 18.1. The van der Waals surface area contributed by atoms with Crippen molar-refractivity contribution < 1.29 is 14.3 Å². The number of carbonyl (C=O) groups excluding carboxylic acids is 1. The molecule has 0 unspecified atom stereocenters. The van der Waals surface area contributed by atoms with E-state index < -0.39 is 0 Å².